The summed E-state index contributed by atoms with van der Waals surface area (Å²) in [7, 11) is 0. The fraction of sp³-hybridized carbons (Fsp3) is 0.143. The zero-order chi connectivity index (χ0) is 19.4. The van der Waals surface area contributed by atoms with E-state index in [0.29, 0.717) is 29.2 Å². The number of hydrogen-bond acceptors (Lipinski definition) is 5. The van der Waals surface area contributed by atoms with Gasteiger partial charge in [0.05, 0.1) is 17.9 Å². The van der Waals surface area contributed by atoms with Crippen molar-refractivity contribution in [3.05, 3.63) is 65.9 Å². The van der Waals surface area contributed by atoms with Crippen molar-refractivity contribution in [2.45, 2.75) is 13.8 Å². The fourth-order valence-electron chi connectivity index (χ4n) is 2.90. The van der Waals surface area contributed by atoms with Crippen LogP contribution in [0.2, 0.25) is 0 Å². The number of pyridine rings is 1. The van der Waals surface area contributed by atoms with Gasteiger partial charge in [-0.15, -0.1) is 0 Å². The molecule has 0 bridgehead atoms. The molecular weight excluding hydrogens is 338 g/mol. The molecule has 0 fully saturated rings. The highest BCUT2D eigenvalue weighted by molar-refractivity contribution is 6.08. The van der Waals surface area contributed by atoms with Gasteiger partial charge in [-0.3, -0.25) is 5.41 Å². The standard InChI is InChI=1S/C21H23N5O/c1-3-27-15-9-6-8-14(11-15)16-12-25-21(19(22)18(16)20(23)24)26-17-10-5-4-7-13(17)2/h4-12H,3,22H2,1-2H3,(H3,23,24)(H,25,26). The van der Waals surface area contributed by atoms with Gasteiger partial charge in [0.25, 0.3) is 0 Å². The molecule has 3 aromatic rings. The van der Waals surface area contributed by atoms with Crippen LogP contribution < -0.4 is 21.5 Å². The lowest BCUT2D eigenvalue weighted by Crippen LogP contribution is -2.17. The summed E-state index contributed by atoms with van der Waals surface area (Å²) >= 11 is 0. The lowest BCUT2D eigenvalue weighted by molar-refractivity contribution is 0.340. The maximum absolute atomic E-state index is 8.03. The van der Waals surface area contributed by atoms with Gasteiger partial charge in [-0.2, -0.15) is 0 Å². The van der Waals surface area contributed by atoms with Crippen LogP contribution in [0.1, 0.15) is 18.1 Å². The van der Waals surface area contributed by atoms with Gasteiger partial charge in [-0.05, 0) is 43.2 Å². The van der Waals surface area contributed by atoms with Crippen molar-refractivity contribution in [1.82, 2.24) is 4.98 Å². The monoisotopic (exact) mass is 361 g/mol. The molecule has 0 amide bonds. The van der Waals surface area contributed by atoms with Crippen LogP contribution in [-0.4, -0.2) is 17.4 Å². The quantitative estimate of drug-likeness (QED) is 0.391. The highest BCUT2D eigenvalue weighted by Gasteiger charge is 2.17. The van der Waals surface area contributed by atoms with Crippen molar-refractivity contribution < 1.29 is 4.74 Å². The first-order valence-electron chi connectivity index (χ1n) is 8.70. The first kappa shape index (κ1) is 18.3. The fourth-order valence-corrected chi connectivity index (χ4v) is 2.90. The van der Waals surface area contributed by atoms with Crippen LogP contribution in [0.3, 0.4) is 0 Å². The third kappa shape index (κ3) is 3.84. The molecule has 138 valence electrons. The van der Waals surface area contributed by atoms with E-state index in [9.17, 15) is 0 Å². The molecule has 1 aromatic heterocycles. The Labute approximate surface area is 158 Å². The maximum atomic E-state index is 8.03. The normalized spacial score (nSPS) is 10.4. The number of nitrogens with zero attached hydrogens (tertiary/aromatic N) is 1. The van der Waals surface area contributed by atoms with Crippen molar-refractivity contribution in [3.8, 4) is 16.9 Å². The second-order valence-electron chi connectivity index (χ2n) is 6.12. The number of amidine groups is 1. The number of benzene rings is 2. The summed E-state index contributed by atoms with van der Waals surface area (Å²) < 4.78 is 5.57. The Balaban J connectivity index is 2.07. The van der Waals surface area contributed by atoms with Gasteiger partial charge in [-0.25, -0.2) is 4.98 Å². The molecule has 2 aromatic carbocycles. The molecule has 0 radical (unpaired) electrons. The third-order valence-corrected chi connectivity index (χ3v) is 4.24. The molecule has 0 aliphatic heterocycles. The number of nitrogens with two attached hydrogens (primary N) is 2. The van der Waals surface area contributed by atoms with E-state index in [1.165, 1.54) is 0 Å². The van der Waals surface area contributed by atoms with E-state index in [2.05, 4.69) is 10.3 Å². The number of aryl methyl sites for hydroxylation is 1. The topological polar surface area (TPSA) is 110 Å². The summed E-state index contributed by atoms with van der Waals surface area (Å²) in [6.07, 6.45) is 1.68. The minimum Gasteiger partial charge on any atom is -0.494 e. The average Bonchev–Trinajstić information content (AvgIpc) is 2.65. The lowest BCUT2D eigenvalue weighted by atomic mass is 9.99. The molecule has 0 atom stereocenters. The van der Waals surface area contributed by atoms with Gasteiger partial charge in [0.15, 0.2) is 5.82 Å². The molecule has 3 rings (SSSR count). The number of aromatic nitrogens is 1. The van der Waals surface area contributed by atoms with Crippen molar-refractivity contribution in [1.29, 1.82) is 5.41 Å². The number of nitrogens with one attached hydrogen (secondary N) is 2. The van der Waals surface area contributed by atoms with Gasteiger partial charge >= 0.3 is 0 Å². The van der Waals surface area contributed by atoms with Crippen LogP contribution >= 0.6 is 0 Å². The van der Waals surface area contributed by atoms with Crippen LogP contribution in [-0.2, 0) is 0 Å². The Kier molecular flexibility index (Phi) is 5.26. The van der Waals surface area contributed by atoms with Crippen LogP contribution in [0, 0.1) is 12.3 Å². The molecule has 0 spiro atoms. The van der Waals surface area contributed by atoms with Crippen LogP contribution in [0.25, 0.3) is 11.1 Å². The lowest BCUT2D eigenvalue weighted by Gasteiger charge is -2.17. The predicted octanol–water partition coefficient (Wildman–Crippen LogP) is 4.07. The van der Waals surface area contributed by atoms with Crippen molar-refractivity contribution >= 4 is 23.0 Å². The molecule has 6 heteroatoms. The summed E-state index contributed by atoms with van der Waals surface area (Å²) in [5, 5.41) is 11.3. The molecular formula is C21H23N5O. The minimum absolute atomic E-state index is 0.112. The van der Waals surface area contributed by atoms with Gasteiger partial charge in [0.1, 0.15) is 11.6 Å². The Morgan fingerprint density at radius 3 is 2.67 bits per heavy atom. The Morgan fingerprint density at radius 2 is 1.96 bits per heavy atom. The Bertz CT molecular complexity index is 984. The van der Waals surface area contributed by atoms with Gasteiger partial charge in [0.2, 0.25) is 0 Å². The summed E-state index contributed by atoms with van der Waals surface area (Å²) in [6.45, 7) is 4.50. The molecule has 1 heterocycles. The molecule has 6 N–H and O–H groups in total. The molecule has 0 saturated carbocycles. The number of hydrogen-bond donors (Lipinski definition) is 4. The SMILES string of the molecule is CCOc1cccc(-c2cnc(Nc3ccccc3C)c(N)c2C(=N)N)c1. The number of ether oxygens (including phenoxy) is 1. The van der Waals surface area contributed by atoms with Crippen LogP contribution in [0.15, 0.2) is 54.7 Å². The highest BCUT2D eigenvalue weighted by atomic mass is 16.5. The summed E-state index contributed by atoms with van der Waals surface area (Å²) in [5.41, 5.74) is 16.5. The number of nitrogen functional groups attached to an aromatic ring is 2. The molecule has 0 saturated heterocycles. The highest BCUT2D eigenvalue weighted by Crippen LogP contribution is 2.34. The van der Waals surface area contributed by atoms with Gasteiger partial charge < -0.3 is 21.5 Å². The predicted molar refractivity (Wildman–Crippen MR) is 111 cm³/mol. The molecule has 0 aliphatic rings. The molecule has 0 aliphatic carbocycles. The molecule has 6 nitrogen and oxygen atoms in total. The summed E-state index contributed by atoms with van der Waals surface area (Å²) in [5.74, 6) is 1.10. The molecule has 0 unspecified atom stereocenters. The first-order valence-corrected chi connectivity index (χ1v) is 8.70. The van der Waals surface area contributed by atoms with E-state index in [4.69, 9.17) is 21.6 Å². The summed E-state index contributed by atoms with van der Waals surface area (Å²) in [6, 6.07) is 15.4. The number of rotatable bonds is 6. The second-order valence-corrected chi connectivity index (χ2v) is 6.12. The van der Waals surface area contributed by atoms with E-state index >= 15 is 0 Å². The molecule has 27 heavy (non-hydrogen) atoms. The van der Waals surface area contributed by atoms with E-state index in [0.717, 1.165) is 22.6 Å². The first-order chi connectivity index (χ1) is 13.0. The number of anilines is 3. The van der Waals surface area contributed by atoms with Crippen LogP contribution in [0.5, 0.6) is 5.75 Å². The van der Waals surface area contributed by atoms with Crippen molar-refractivity contribution in [2.24, 2.45) is 5.73 Å². The Hall–Kier alpha value is -3.54. The zero-order valence-electron chi connectivity index (χ0n) is 15.4. The van der Waals surface area contributed by atoms with Gasteiger partial charge in [-0.1, -0.05) is 30.3 Å². The second kappa shape index (κ2) is 7.78. The third-order valence-electron chi connectivity index (χ3n) is 4.24. The smallest absolute Gasteiger partial charge is 0.154 e. The van der Waals surface area contributed by atoms with Crippen LogP contribution in [0.4, 0.5) is 17.2 Å². The van der Waals surface area contributed by atoms with E-state index in [-0.39, 0.29) is 5.84 Å². The Morgan fingerprint density at radius 1 is 1.19 bits per heavy atom. The number of para-hydroxylation sites is 1. The van der Waals surface area contributed by atoms with Crippen molar-refractivity contribution in [3.63, 3.8) is 0 Å². The van der Waals surface area contributed by atoms with E-state index in [1.807, 2.05) is 62.4 Å². The maximum Gasteiger partial charge on any atom is 0.154 e. The van der Waals surface area contributed by atoms with Crippen molar-refractivity contribution in [2.75, 3.05) is 17.7 Å². The average molecular weight is 361 g/mol. The van der Waals surface area contributed by atoms with E-state index < -0.39 is 0 Å². The zero-order valence-corrected chi connectivity index (χ0v) is 15.4. The van der Waals surface area contributed by atoms with Gasteiger partial charge in [0, 0.05) is 17.4 Å². The summed E-state index contributed by atoms with van der Waals surface area (Å²) in [4.78, 5) is 4.48. The minimum atomic E-state index is -0.112. The van der Waals surface area contributed by atoms with E-state index in [1.54, 1.807) is 6.20 Å². The largest absolute Gasteiger partial charge is 0.494 e.